The Labute approximate surface area is 172 Å². The van der Waals surface area contributed by atoms with E-state index in [1.54, 1.807) is 44.6 Å². The summed E-state index contributed by atoms with van der Waals surface area (Å²) in [4.78, 5) is 28.0. The predicted octanol–water partition coefficient (Wildman–Crippen LogP) is 4.05. The molecule has 7 heteroatoms. The van der Waals surface area contributed by atoms with Crippen LogP contribution in [-0.2, 0) is 6.42 Å². The molecule has 1 amide bonds. The van der Waals surface area contributed by atoms with E-state index in [1.165, 1.54) is 11.3 Å². The largest absolute Gasteiger partial charge is 0.497 e. The smallest absolute Gasteiger partial charge is 0.263 e. The van der Waals surface area contributed by atoms with E-state index in [0.29, 0.717) is 12.2 Å². The minimum atomic E-state index is 0.0228. The number of methoxy groups -OCH3 is 1. The number of carbonyl (C=O) groups is 1. The second-order valence-corrected chi connectivity index (χ2v) is 7.88. The Bertz CT molecular complexity index is 1190. The van der Waals surface area contributed by atoms with Crippen LogP contribution in [0.1, 0.15) is 21.1 Å². The molecule has 0 unspecified atom stereocenters. The van der Waals surface area contributed by atoms with Crippen LogP contribution in [0.25, 0.3) is 21.5 Å². The van der Waals surface area contributed by atoms with Crippen LogP contribution >= 0.6 is 11.3 Å². The first kappa shape index (κ1) is 19.0. The first-order chi connectivity index (χ1) is 14.0. The summed E-state index contributed by atoms with van der Waals surface area (Å²) < 4.78 is 6.36. The molecule has 0 spiro atoms. The van der Waals surface area contributed by atoms with Crippen molar-refractivity contribution in [2.24, 2.45) is 0 Å². The highest BCUT2D eigenvalue weighted by atomic mass is 32.1. The van der Waals surface area contributed by atoms with Crippen LogP contribution in [0.5, 0.6) is 5.75 Å². The first-order valence-corrected chi connectivity index (χ1v) is 9.91. The van der Waals surface area contributed by atoms with Crippen molar-refractivity contribution in [1.82, 2.24) is 19.9 Å². The summed E-state index contributed by atoms with van der Waals surface area (Å²) in [5.74, 6) is 1.47. The number of hydrogen-bond donors (Lipinski definition) is 0. The third-order valence-corrected chi connectivity index (χ3v) is 5.60. The van der Waals surface area contributed by atoms with E-state index in [0.717, 1.165) is 37.7 Å². The molecule has 6 nitrogen and oxygen atoms in total. The van der Waals surface area contributed by atoms with Gasteiger partial charge in [0.2, 0.25) is 0 Å². The van der Waals surface area contributed by atoms with E-state index in [9.17, 15) is 4.79 Å². The molecule has 0 radical (unpaired) electrons. The summed E-state index contributed by atoms with van der Waals surface area (Å²) in [5.41, 5.74) is 2.59. The SMILES string of the molecule is COc1ccnc(-c2ccnc(Cc3ccc4sc(C(=O)N(C)C)cc4c3)n2)c1. The number of fused-ring (bicyclic) bond motifs is 1. The maximum Gasteiger partial charge on any atom is 0.263 e. The Morgan fingerprint density at radius 3 is 2.66 bits per heavy atom. The number of rotatable bonds is 5. The van der Waals surface area contributed by atoms with Crippen molar-refractivity contribution in [3.8, 4) is 17.1 Å². The van der Waals surface area contributed by atoms with Crippen molar-refractivity contribution in [2.45, 2.75) is 6.42 Å². The van der Waals surface area contributed by atoms with Crippen molar-refractivity contribution in [2.75, 3.05) is 21.2 Å². The molecule has 29 heavy (non-hydrogen) atoms. The van der Waals surface area contributed by atoms with E-state index in [2.05, 4.69) is 33.2 Å². The predicted molar refractivity (Wildman–Crippen MR) is 114 cm³/mol. The van der Waals surface area contributed by atoms with Gasteiger partial charge in [-0.15, -0.1) is 11.3 Å². The number of benzene rings is 1. The quantitative estimate of drug-likeness (QED) is 0.502. The Morgan fingerprint density at radius 2 is 1.86 bits per heavy atom. The number of carbonyl (C=O) groups excluding carboxylic acids is 1. The zero-order valence-corrected chi connectivity index (χ0v) is 17.2. The molecule has 4 aromatic rings. The molecule has 0 saturated carbocycles. The molecule has 0 N–H and O–H groups in total. The topological polar surface area (TPSA) is 68.2 Å². The van der Waals surface area contributed by atoms with Gasteiger partial charge < -0.3 is 9.64 Å². The molecule has 0 atom stereocenters. The first-order valence-electron chi connectivity index (χ1n) is 9.10. The van der Waals surface area contributed by atoms with Crippen LogP contribution in [-0.4, -0.2) is 47.0 Å². The summed E-state index contributed by atoms with van der Waals surface area (Å²) in [6.07, 6.45) is 4.05. The molecule has 0 fully saturated rings. The fourth-order valence-electron chi connectivity index (χ4n) is 3.02. The second-order valence-electron chi connectivity index (χ2n) is 6.80. The molecule has 0 saturated heterocycles. The summed E-state index contributed by atoms with van der Waals surface area (Å²) in [7, 11) is 5.15. The molecule has 3 heterocycles. The summed E-state index contributed by atoms with van der Waals surface area (Å²) in [5, 5.41) is 1.06. The van der Waals surface area contributed by atoms with Crippen LogP contribution in [0.15, 0.2) is 54.9 Å². The maximum absolute atomic E-state index is 12.2. The van der Waals surface area contributed by atoms with Gasteiger partial charge in [-0.25, -0.2) is 9.97 Å². The number of hydrogen-bond acceptors (Lipinski definition) is 6. The molecular formula is C22H20N4O2S. The number of nitrogens with zero attached hydrogens (tertiary/aromatic N) is 4. The molecular weight excluding hydrogens is 384 g/mol. The van der Waals surface area contributed by atoms with Crippen molar-refractivity contribution < 1.29 is 9.53 Å². The molecule has 146 valence electrons. The molecule has 3 aromatic heterocycles. The third kappa shape index (κ3) is 4.09. The number of thiophene rings is 1. The van der Waals surface area contributed by atoms with E-state index >= 15 is 0 Å². The second kappa shape index (κ2) is 7.97. The normalized spacial score (nSPS) is 10.9. The van der Waals surface area contributed by atoms with Gasteiger partial charge in [-0.2, -0.15) is 0 Å². The molecule has 0 bridgehead atoms. The highest BCUT2D eigenvalue weighted by Crippen LogP contribution is 2.28. The molecule has 0 aliphatic carbocycles. The van der Waals surface area contributed by atoms with Crippen LogP contribution in [0.2, 0.25) is 0 Å². The van der Waals surface area contributed by atoms with Gasteiger partial charge in [0.15, 0.2) is 0 Å². The molecule has 1 aromatic carbocycles. The van der Waals surface area contributed by atoms with Crippen molar-refractivity contribution in [1.29, 1.82) is 0 Å². The average Bonchev–Trinajstić information content (AvgIpc) is 3.16. The Morgan fingerprint density at radius 1 is 1.03 bits per heavy atom. The zero-order chi connectivity index (χ0) is 20.4. The molecule has 4 rings (SSSR count). The van der Waals surface area contributed by atoms with Gasteiger partial charge >= 0.3 is 0 Å². The Hall–Kier alpha value is -3.32. The summed E-state index contributed by atoms with van der Waals surface area (Å²) >= 11 is 1.51. The summed E-state index contributed by atoms with van der Waals surface area (Å²) in [6.45, 7) is 0. The minimum absolute atomic E-state index is 0.0228. The maximum atomic E-state index is 12.2. The number of ether oxygens (including phenoxy) is 1. The number of pyridine rings is 1. The van der Waals surface area contributed by atoms with E-state index in [-0.39, 0.29) is 5.91 Å². The highest BCUT2D eigenvalue weighted by Gasteiger charge is 2.13. The Kier molecular flexibility index (Phi) is 5.22. The molecule has 0 aliphatic heterocycles. The lowest BCUT2D eigenvalue weighted by atomic mass is 10.1. The van der Waals surface area contributed by atoms with Crippen LogP contribution in [0, 0.1) is 0 Å². The van der Waals surface area contributed by atoms with Gasteiger partial charge in [-0.3, -0.25) is 9.78 Å². The van der Waals surface area contributed by atoms with Crippen LogP contribution in [0.4, 0.5) is 0 Å². The lowest BCUT2D eigenvalue weighted by Gasteiger charge is -2.06. The van der Waals surface area contributed by atoms with E-state index in [1.807, 2.05) is 18.2 Å². The third-order valence-electron chi connectivity index (χ3n) is 4.49. The fourth-order valence-corrected chi connectivity index (χ4v) is 4.08. The Balaban J connectivity index is 1.60. The van der Waals surface area contributed by atoms with Gasteiger partial charge in [-0.1, -0.05) is 6.07 Å². The zero-order valence-electron chi connectivity index (χ0n) is 16.4. The van der Waals surface area contributed by atoms with Gasteiger partial charge in [-0.05, 0) is 41.3 Å². The number of aromatic nitrogens is 3. The van der Waals surface area contributed by atoms with Gasteiger partial charge in [0.05, 0.1) is 23.4 Å². The van der Waals surface area contributed by atoms with Crippen molar-refractivity contribution in [3.05, 3.63) is 71.1 Å². The van der Waals surface area contributed by atoms with Crippen LogP contribution in [0.3, 0.4) is 0 Å². The van der Waals surface area contributed by atoms with E-state index in [4.69, 9.17) is 4.74 Å². The van der Waals surface area contributed by atoms with Gasteiger partial charge in [0, 0.05) is 43.7 Å². The monoisotopic (exact) mass is 404 g/mol. The highest BCUT2D eigenvalue weighted by molar-refractivity contribution is 7.20. The van der Waals surface area contributed by atoms with Crippen molar-refractivity contribution >= 4 is 27.3 Å². The lowest BCUT2D eigenvalue weighted by Crippen LogP contribution is -2.20. The van der Waals surface area contributed by atoms with Gasteiger partial charge in [0.1, 0.15) is 11.6 Å². The average molecular weight is 404 g/mol. The fraction of sp³-hybridized carbons (Fsp3) is 0.182. The van der Waals surface area contributed by atoms with E-state index < -0.39 is 0 Å². The lowest BCUT2D eigenvalue weighted by molar-refractivity contribution is 0.0832. The standard InChI is InChI=1S/C22H20N4O2S/c1-26(2)22(27)20-12-15-10-14(4-5-19(15)29-20)11-21-24-9-7-17(25-21)18-13-16(28-3)6-8-23-18/h4-10,12-13H,11H2,1-3H3. The van der Waals surface area contributed by atoms with Crippen LogP contribution < -0.4 is 4.74 Å². The number of amides is 1. The summed E-state index contributed by atoms with van der Waals surface area (Å²) in [6, 6.07) is 13.6. The van der Waals surface area contributed by atoms with Gasteiger partial charge in [0.25, 0.3) is 5.91 Å². The molecule has 0 aliphatic rings. The van der Waals surface area contributed by atoms with Crippen molar-refractivity contribution in [3.63, 3.8) is 0 Å². The minimum Gasteiger partial charge on any atom is -0.497 e.